The number of ether oxygens (including phenoxy) is 2. The highest BCUT2D eigenvalue weighted by Gasteiger charge is 2.32. The third-order valence-corrected chi connectivity index (χ3v) is 4.20. The van der Waals surface area contributed by atoms with Crippen LogP contribution in [0, 0.1) is 12.7 Å². The Labute approximate surface area is 181 Å². The molecule has 32 heavy (non-hydrogen) atoms. The molecule has 0 amide bonds. The number of hydrogen-bond acceptors (Lipinski definition) is 7. The second-order valence-corrected chi connectivity index (χ2v) is 6.35. The lowest BCUT2D eigenvalue weighted by molar-refractivity contribution is -0.274. The molecule has 7 nitrogen and oxygen atoms in total. The molecule has 0 atom stereocenters. The van der Waals surface area contributed by atoms with Gasteiger partial charge in [0, 0.05) is 22.8 Å². The van der Waals surface area contributed by atoms with Gasteiger partial charge in [0.05, 0.1) is 12.8 Å². The number of halogens is 4. The lowest BCUT2D eigenvalue weighted by atomic mass is 9.99. The molecular weight excluding hydrogens is 436 g/mol. The van der Waals surface area contributed by atoms with Gasteiger partial charge in [-0.2, -0.15) is 0 Å². The quantitative estimate of drug-likeness (QED) is 0.253. The number of carbonyl (C=O) groups excluding carboxylic acids is 1. The third-order valence-electron chi connectivity index (χ3n) is 4.20. The number of nitrogens with zero attached hydrogens (tertiary/aromatic N) is 2. The molecule has 0 aliphatic rings. The van der Waals surface area contributed by atoms with Gasteiger partial charge in [0.25, 0.3) is 0 Å². The summed E-state index contributed by atoms with van der Waals surface area (Å²) in [6.07, 6.45) is -5.01. The van der Waals surface area contributed by atoms with E-state index >= 15 is 0 Å². The number of carbonyl (C=O) groups is 1. The van der Waals surface area contributed by atoms with Gasteiger partial charge in [-0.3, -0.25) is 0 Å². The van der Waals surface area contributed by atoms with Crippen LogP contribution in [-0.4, -0.2) is 38.0 Å². The molecule has 172 valence electrons. The maximum atomic E-state index is 13.4. The molecule has 0 spiro atoms. The molecular formula is C21H20F4N2O5. The number of benzene rings is 2. The molecule has 0 aliphatic carbocycles. The van der Waals surface area contributed by atoms with E-state index in [0.717, 1.165) is 17.7 Å². The molecule has 0 saturated carbocycles. The zero-order valence-electron chi connectivity index (χ0n) is 17.6. The van der Waals surface area contributed by atoms with Crippen LogP contribution < -0.4 is 4.74 Å². The first-order valence-corrected chi connectivity index (χ1v) is 9.08. The van der Waals surface area contributed by atoms with Gasteiger partial charge in [-0.15, -0.1) is 13.2 Å². The lowest BCUT2D eigenvalue weighted by Crippen LogP contribution is -2.20. The number of methoxy groups -OCH3 is 1. The fourth-order valence-electron chi connectivity index (χ4n) is 2.75. The highest BCUT2D eigenvalue weighted by atomic mass is 19.4. The van der Waals surface area contributed by atoms with Crippen LogP contribution in [0.15, 0.2) is 46.7 Å². The molecule has 2 rings (SSSR count). The Morgan fingerprint density at radius 1 is 1.06 bits per heavy atom. The molecule has 0 aliphatic heterocycles. The van der Waals surface area contributed by atoms with Crippen LogP contribution in [0.5, 0.6) is 5.75 Å². The molecule has 11 heteroatoms. The van der Waals surface area contributed by atoms with Crippen LogP contribution in [0.25, 0.3) is 0 Å². The molecule has 0 fully saturated rings. The van der Waals surface area contributed by atoms with E-state index in [1.165, 1.54) is 21.1 Å². The van der Waals surface area contributed by atoms with Crippen molar-refractivity contribution in [3.8, 4) is 5.75 Å². The number of rotatable bonds is 8. The summed E-state index contributed by atoms with van der Waals surface area (Å²) in [5, 5.41) is 7.53. The first kappa shape index (κ1) is 24.6. The van der Waals surface area contributed by atoms with E-state index in [2.05, 4.69) is 15.0 Å². The summed E-state index contributed by atoms with van der Waals surface area (Å²) in [5.74, 6) is -2.39. The fourth-order valence-corrected chi connectivity index (χ4v) is 2.75. The Hall–Kier alpha value is -3.63. The van der Waals surface area contributed by atoms with Crippen LogP contribution in [0.4, 0.5) is 17.6 Å². The van der Waals surface area contributed by atoms with Crippen LogP contribution in [0.1, 0.15) is 29.2 Å². The standard InChI is InChI=1S/C21H20F4N2O5/c1-12-6-5-7-16(19(27-30-4)20(28)29-3)17(12)11-31-26-13(2)15-9-8-14(22)10-18(15)32-21(23,24)25/h5-10H,11H2,1-4H3/b26-13+,27-19+. The topological polar surface area (TPSA) is 78.7 Å². The van der Waals surface area contributed by atoms with Crippen molar-refractivity contribution in [3.63, 3.8) is 0 Å². The summed E-state index contributed by atoms with van der Waals surface area (Å²) in [5.41, 5.74) is 1.43. The minimum absolute atomic E-state index is 0.0122. The van der Waals surface area contributed by atoms with Crippen molar-refractivity contribution < 1.29 is 41.5 Å². The van der Waals surface area contributed by atoms with Crippen molar-refractivity contribution in [2.24, 2.45) is 10.3 Å². The molecule has 0 N–H and O–H groups in total. The normalized spacial score (nSPS) is 12.4. The van der Waals surface area contributed by atoms with E-state index in [1.807, 2.05) is 0 Å². The van der Waals surface area contributed by atoms with E-state index in [9.17, 15) is 22.4 Å². The second-order valence-electron chi connectivity index (χ2n) is 6.35. The highest BCUT2D eigenvalue weighted by molar-refractivity contribution is 6.43. The van der Waals surface area contributed by atoms with Crippen molar-refractivity contribution in [2.45, 2.75) is 26.8 Å². The maximum Gasteiger partial charge on any atom is 0.573 e. The predicted molar refractivity (Wildman–Crippen MR) is 107 cm³/mol. The van der Waals surface area contributed by atoms with Gasteiger partial charge < -0.3 is 19.1 Å². The fraction of sp³-hybridized carbons (Fsp3) is 0.286. The Kier molecular flexibility index (Phi) is 8.16. The zero-order chi connectivity index (χ0) is 23.9. The predicted octanol–water partition coefficient (Wildman–Crippen LogP) is 4.50. The van der Waals surface area contributed by atoms with Crippen molar-refractivity contribution >= 4 is 17.4 Å². The molecule has 0 radical (unpaired) electrons. The van der Waals surface area contributed by atoms with Crippen molar-refractivity contribution in [2.75, 3.05) is 14.2 Å². The maximum absolute atomic E-state index is 13.4. The van der Waals surface area contributed by atoms with Crippen LogP contribution in [0.3, 0.4) is 0 Å². The summed E-state index contributed by atoms with van der Waals surface area (Å²) >= 11 is 0. The molecule has 2 aromatic rings. The van der Waals surface area contributed by atoms with E-state index in [4.69, 9.17) is 14.4 Å². The number of esters is 1. The SMILES string of the molecule is CO/N=C(/C(=O)OC)c1cccc(C)c1CO/N=C(\C)c1ccc(F)cc1OC(F)(F)F. The Bertz CT molecular complexity index is 1040. The van der Waals surface area contributed by atoms with Crippen molar-refractivity contribution in [3.05, 3.63) is 64.5 Å². The molecule has 2 aromatic carbocycles. The summed E-state index contributed by atoms with van der Waals surface area (Å²) in [7, 11) is 2.46. The van der Waals surface area contributed by atoms with Gasteiger partial charge in [-0.25, -0.2) is 9.18 Å². The number of hydrogen-bond donors (Lipinski definition) is 0. The number of aryl methyl sites for hydroxylation is 1. The summed E-state index contributed by atoms with van der Waals surface area (Å²) < 4.78 is 59.9. The highest BCUT2D eigenvalue weighted by Crippen LogP contribution is 2.28. The summed E-state index contributed by atoms with van der Waals surface area (Å²) in [4.78, 5) is 22.1. The van der Waals surface area contributed by atoms with Crippen molar-refractivity contribution in [1.29, 1.82) is 0 Å². The van der Waals surface area contributed by atoms with E-state index in [0.29, 0.717) is 17.2 Å². The van der Waals surface area contributed by atoms with E-state index < -0.39 is 23.9 Å². The van der Waals surface area contributed by atoms with E-state index in [-0.39, 0.29) is 23.6 Å². The van der Waals surface area contributed by atoms with Gasteiger partial charge in [-0.05, 0) is 31.5 Å². The first-order chi connectivity index (χ1) is 15.1. The molecule has 0 aromatic heterocycles. The molecule has 0 heterocycles. The minimum Gasteiger partial charge on any atom is -0.464 e. The Morgan fingerprint density at radius 2 is 1.78 bits per heavy atom. The Balaban J connectivity index is 2.33. The monoisotopic (exact) mass is 456 g/mol. The second kappa shape index (κ2) is 10.6. The first-order valence-electron chi connectivity index (χ1n) is 9.08. The lowest BCUT2D eigenvalue weighted by Gasteiger charge is -2.14. The zero-order valence-corrected chi connectivity index (χ0v) is 17.6. The van der Waals surface area contributed by atoms with Gasteiger partial charge in [0.2, 0.25) is 0 Å². The average Bonchev–Trinajstić information content (AvgIpc) is 2.71. The third kappa shape index (κ3) is 6.43. The molecule has 0 unspecified atom stereocenters. The van der Waals surface area contributed by atoms with Crippen LogP contribution in [-0.2, 0) is 25.8 Å². The number of alkyl halides is 3. The van der Waals surface area contributed by atoms with Gasteiger partial charge in [0.1, 0.15) is 25.3 Å². The average molecular weight is 456 g/mol. The number of oxime groups is 2. The molecule has 0 bridgehead atoms. The summed E-state index contributed by atoms with van der Waals surface area (Å²) in [6.45, 7) is 2.98. The summed E-state index contributed by atoms with van der Waals surface area (Å²) in [6, 6.07) is 7.72. The van der Waals surface area contributed by atoms with Gasteiger partial charge >= 0.3 is 12.3 Å². The minimum atomic E-state index is -5.01. The van der Waals surface area contributed by atoms with Crippen LogP contribution in [0.2, 0.25) is 0 Å². The Morgan fingerprint density at radius 3 is 2.41 bits per heavy atom. The van der Waals surface area contributed by atoms with Gasteiger partial charge in [-0.1, -0.05) is 28.5 Å². The van der Waals surface area contributed by atoms with Crippen molar-refractivity contribution in [1.82, 2.24) is 0 Å². The van der Waals surface area contributed by atoms with Crippen LogP contribution >= 0.6 is 0 Å². The smallest absolute Gasteiger partial charge is 0.464 e. The van der Waals surface area contributed by atoms with Gasteiger partial charge in [0.15, 0.2) is 5.71 Å². The molecule has 0 saturated heterocycles. The van der Waals surface area contributed by atoms with E-state index in [1.54, 1.807) is 25.1 Å². The largest absolute Gasteiger partial charge is 0.573 e.